The van der Waals surface area contributed by atoms with Crippen LogP contribution < -0.4 is 0 Å². The molecule has 1 aromatic carbocycles. The number of ether oxygens (including phenoxy) is 1. The molecule has 1 aliphatic rings. The summed E-state index contributed by atoms with van der Waals surface area (Å²) in [7, 11) is 0. The molecular formula is C23H28FN5O4. The number of aryl methyl sites for hydroxylation is 1. The highest BCUT2D eigenvalue weighted by molar-refractivity contribution is 5.92. The molecule has 0 aliphatic carbocycles. The van der Waals surface area contributed by atoms with Gasteiger partial charge in [0.15, 0.2) is 0 Å². The predicted octanol–water partition coefficient (Wildman–Crippen LogP) is 2.26. The average Bonchev–Trinajstić information content (AvgIpc) is 2.83. The Bertz CT molecular complexity index is 960. The lowest BCUT2D eigenvalue weighted by molar-refractivity contribution is -0.133. The van der Waals surface area contributed by atoms with Gasteiger partial charge in [0.1, 0.15) is 11.5 Å². The number of halogens is 1. The summed E-state index contributed by atoms with van der Waals surface area (Å²) in [5, 5.41) is 0. The van der Waals surface area contributed by atoms with E-state index in [0.717, 1.165) is 5.56 Å². The van der Waals surface area contributed by atoms with E-state index in [-0.39, 0.29) is 48.9 Å². The molecule has 9 nitrogen and oxygen atoms in total. The number of carbonyl (C=O) groups excluding carboxylic acids is 3. The fraction of sp³-hybridized carbons (Fsp3) is 0.435. The second-order valence-corrected chi connectivity index (χ2v) is 7.71. The molecule has 0 bridgehead atoms. The minimum absolute atomic E-state index is 0.106. The first-order valence-corrected chi connectivity index (χ1v) is 10.9. The summed E-state index contributed by atoms with van der Waals surface area (Å²) < 4.78 is 18.3. The van der Waals surface area contributed by atoms with Crippen molar-refractivity contribution in [1.82, 2.24) is 24.7 Å². The van der Waals surface area contributed by atoms with Crippen molar-refractivity contribution in [2.24, 2.45) is 0 Å². The van der Waals surface area contributed by atoms with Crippen LogP contribution in [0.1, 0.15) is 35.1 Å². The van der Waals surface area contributed by atoms with E-state index in [2.05, 4.69) is 9.97 Å². The maximum absolute atomic E-state index is 13.3. The zero-order chi connectivity index (χ0) is 23.8. The van der Waals surface area contributed by atoms with E-state index in [0.29, 0.717) is 38.5 Å². The Balaban J connectivity index is 1.62. The smallest absolute Gasteiger partial charge is 0.409 e. The lowest BCUT2D eigenvalue weighted by Gasteiger charge is -2.34. The van der Waals surface area contributed by atoms with Crippen molar-refractivity contribution in [2.45, 2.75) is 26.8 Å². The number of hydrogen-bond donors (Lipinski definition) is 0. The molecular weight excluding hydrogens is 429 g/mol. The largest absolute Gasteiger partial charge is 0.450 e. The molecule has 10 heteroatoms. The first-order valence-electron chi connectivity index (χ1n) is 10.9. The summed E-state index contributed by atoms with van der Waals surface area (Å²) >= 11 is 0. The molecule has 2 aromatic rings. The van der Waals surface area contributed by atoms with Gasteiger partial charge >= 0.3 is 6.09 Å². The third-order valence-electron chi connectivity index (χ3n) is 5.33. The molecule has 0 unspecified atom stereocenters. The third-order valence-corrected chi connectivity index (χ3v) is 5.33. The van der Waals surface area contributed by atoms with Gasteiger partial charge in [-0.15, -0.1) is 0 Å². The van der Waals surface area contributed by atoms with E-state index >= 15 is 0 Å². The summed E-state index contributed by atoms with van der Waals surface area (Å²) in [5.41, 5.74) is 1.60. The van der Waals surface area contributed by atoms with Crippen molar-refractivity contribution >= 4 is 17.9 Å². The van der Waals surface area contributed by atoms with Crippen LogP contribution in [-0.4, -0.2) is 81.9 Å². The number of aromatic nitrogens is 2. The minimum Gasteiger partial charge on any atom is -0.450 e. The Kier molecular flexibility index (Phi) is 8.28. The lowest BCUT2D eigenvalue weighted by Crippen LogP contribution is -2.51. The second-order valence-electron chi connectivity index (χ2n) is 7.71. The molecule has 176 valence electrons. The Hall–Kier alpha value is -3.56. The average molecular weight is 458 g/mol. The molecule has 33 heavy (non-hydrogen) atoms. The molecule has 1 aliphatic heterocycles. The van der Waals surface area contributed by atoms with Gasteiger partial charge < -0.3 is 19.4 Å². The van der Waals surface area contributed by atoms with E-state index in [4.69, 9.17) is 4.74 Å². The summed E-state index contributed by atoms with van der Waals surface area (Å²) in [4.78, 5) is 50.7. The van der Waals surface area contributed by atoms with Crippen molar-refractivity contribution in [1.29, 1.82) is 0 Å². The molecule has 2 heterocycles. The Morgan fingerprint density at radius 3 is 2.30 bits per heavy atom. The monoisotopic (exact) mass is 457 g/mol. The number of amides is 3. The van der Waals surface area contributed by atoms with Crippen LogP contribution in [0.15, 0.2) is 36.7 Å². The maximum atomic E-state index is 13.3. The first kappa shape index (κ1) is 24.1. The van der Waals surface area contributed by atoms with Crippen LogP contribution >= 0.6 is 0 Å². The molecule has 1 aromatic heterocycles. The van der Waals surface area contributed by atoms with Crippen LogP contribution in [0, 0.1) is 12.7 Å². The number of nitrogens with zero attached hydrogens (tertiary/aromatic N) is 5. The molecule has 1 saturated heterocycles. The van der Waals surface area contributed by atoms with Crippen molar-refractivity contribution in [3.8, 4) is 0 Å². The van der Waals surface area contributed by atoms with Crippen LogP contribution in [0.5, 0.6) is 0 Å². The quantitative estimate of drug-likeness (QED) is 0.633. The van der Waals surface area contributed by atoms with Gasteiger partial charge in [0.2, 0.25) is 5.91 Å². The number of piperazine rings is 1. The highest BCUT2D eigenvalue weighted by atomic mass is 19.1. The molecule has 0 atom stereocenters. The minimum atomic E-state index is -0.375. The van der Waals surface area contributed by atoms with Crippen molar-refractivity contribution in [2.75, 3.05) is 39.3 Å². The highest BCUT2D eigenvalue weighted by Crippen LogP contribution is 2.12. The van der Waals surface area contributed by atoms with Gasteiger partial charge in [0.25, 0.3) is 5.91 Å². The standard InChI is InChI=1S/C23H28FN5O4/c1-3-33-23(32)28-12-10-27(11-13-28)21(30)8-9-29(16-18-4-6-19(24)7-5-18)22(31)20-15-25-17(2)14-26-20/h4-7,14-15H,3,8-13,16H2,1-2H3. The Labute approximate surface area is 192 Å². The van der Waals surface area contributed by atoms with Gasteiger partial charge in [-0.3, -0.25) is 14.6 Å². The van der Waals surface area contributed by atoms with Crippen molar-refractivity contribution in [3.63, 3.8) is 0 Å². The molecule has 3 rings (SSSR count). The Morgan fingerprint density at radius 1 is 1.03 bits per heavy atom. The number of rotatable bonds is 7. The topological polar surface area (TPSA) is 95.9 Å². The first-order chi connectivity index (χ1) is 15.9. The maximum Gasteiger partial charge on any atom is 0.409 e. The number of hydrogen-bond acceptors (Lipinski definition) is 6. The molecule has 0 saturated carbocycles. The molecule has 0 radical (unpaired) electrons. The van der Waals surface area contributed by atoms with Crippen LogP contribution in [0.25, 0.3) is 0 Å². The normalized spacial score (nSPS) is 13.5. The highest BCUT2D eigenvalue weighted by Gasteiger charge is 2.26. The van der Waals surface area contributed by atoms with Crippen LogP contribution in [0.2, 0.25) is 0 Å². The van der Waals surface area contributed by atoms with E-state index in [1.165, 1.54) is 29.4 Å². The molecule has 1 fully saturated rings. The van der Waals surface area contributed by atoms with Crippen molar-refractivity contribution < 1.29 is 23.5 Å². The zero-order valence-electron chi connectivity index (χ0n) is 18.9. The van der Waals surface area contributed by atoms with Gasteiger partial charge in [0.05, 0.1) is 18.5 Å². The van der Waals surface area contributed by atoms with Gasteiger partial charge in [-0.25, -0.2) is 14.2 Å². The summed E-state index contributed by atoms with van der Waals surface area (Å²) in [5.74, 6) is -0.824. The second kappa shape index (κ2) is 11.3. The molecule has 0 N–H and O–H groups in total. The van der Waals surface area contributed by atoms with Crippen molar-refractivity contribution in [3.05, 3.63) is 59.4 Å². The van der Waals surface area contributed by atoms with Crippen LogP contribution in [0.4, 0.5) is 9.18 Å². The van der Waals surface area contributed by atoms with Crippen LogP contribution in [0.3, 0.4) is 0 Å². The van der Waals surface area contributed by atoms with E-state index in [1.54, 1.807) is 35.8 Å². The Morgan fingerprint density at radius 2 is 1.70 bits per heavy atom. The third kappa shape index (κ3) is 6.71. The van der Waals surface area contributed by atoms with Gasteiger partial charge in [-0.1, -0.05) is 12.1 Å². The number of carbonyl (C=O) groups is 3. The fourth-order valence-electron chi connectivity index (χ4n) is 3.47. The van der Waals surface area contributed by atoms with Crippen LogP contribution in [-0.2, 0) is 16.1 Å². The van der Waals surface area contributed by atoms with E-state index < -0.39 is 0 Å². The summed E-state index contributed by atoms with van der Waals surface area (Å²) in [6, 6.07) is 5.87. The van der Waals surface area contributed by atoms with E-state index in [9.17, 15) is 18.8 Å². The zero-order valence-corrected chi connectivity index (χ0v) is 18.9. The SMILES string of the molecule is CCOC(=O)N1CCN(C(=O)CCN(Cc2ccc(F)cc2)C(=O)c2cnc(C)cn2)CC1. The number of benzene rings is 1. The van der Waals surface area contributed by atoms with Gasteiger partial charge in [-0.2, -0.15) is 0 Å². The summed E-state index contributed by atoms with van der Waals surface area (Å²) in [6.45, 7) is 5.84. The van der Waals surface area contributed by atoms with Gasteiger partial charge in [-0.05, 0) is 31.5 Å². The van der Waals surface area contributed by atoms with Gasteiger partial charge in [0, 0.05) is 51.9 Å². The predicted molar refractivity (Wildman–Crippen MR) is 118 cm³/mol. The molecule has 0 spiro atoms. The summed E-state index contributed by atoms with van der Waals surface area (Å²) in [6.07, 6.45) is 2.66. The molecule has 3 amide bonds. The van der Waals surface area contributed by atoms with E-state index in [1.807, 2.05) is 0 Å². The lowest BCUT2D eigenvalue weighted by atomic mass is 10.2. The fourth-order valence-corrected chi connectivity index (χ4v) is 3.47.